The lowest BCUT2D eigenvalue weighted by Crippen LogP contribution is -2.12. The summed E-state index contributed by atoms with van der Waals surface area (Å²) in [5.41, 5.74) is 6.70. The topological polar surface area (TPSA) is 54.4 Å². The van der Waals surface area contributed by atoms with Crippen LogP contribution in [-0.2, 0) is 15.5 Å². The second-order valence-corrected chi connectivity index (χ2v) is 10.2. The van der Waals surface area contributed by atoms with E-state index in [1.54, 1.807) is 0 Å². The Bertz CT molecular complexity index is 1430. The van der Waals surface area contributed by atoms with Crippen molar-refractivity contribution >= 4 is 23.6 Å². The Hall–Kier alpha value is -3.07. The van der Waals surface area contributed by atoms with Crippen molar-refractivity contribution < 1.29 is 26.1 Å². The highest BCUT2D eigenvalue weighted by Gasteiger charge is 2.22. The van der Waals surface area contributed by atoms with Crippen molar-refractivity contribution in [3.8, 4) is 22.3 Å². The Morgan fingerprint density at radius 2 is 1.14 bits per heavy atom. The molecule has 0 aliphatic carbocycles. The first-order valence-electron chi connectivity index (χ1n) is 10.8. The van der Waals surface area contributed by atoms with Crippen molar-refractivity contribution in [3.63, 3.8) is 0 Å². The summed E-state index contributed by atoms with van der Waals surface area (Å²) in [7, 11) is -4.85. The van der Waals surface area contributed by atoms with Crippen LogP contribution in [0.3, 0.4) is 0 Å². The molecule has 0 heterocycles. The average Bonchev–Trinajstić information content (AvgIpc) is 2.82. The fourth-order valence-electron chi connectivity index (χ4n) is 3.67. The third-order valence-corrected chi connectivity index (χ3v) is 6.19. The summed E-state index contributed by atoms with van der Waals surface area (Å²) >= 11 is 0. The van der Waals surface area contributed by atoms with Gasteiger partial charge in [-0.1, -0.05) is 99.6 Å². The molecule has 0 amide bonds. The van der Waals surface area contributed by atoms with Crippen molar-refractivity contribution in [2.75, 3.05) is 0 Å². The molecule has 0 saturated carbocycles. The summed E-state index contributed by atoms with van der Waals surface area (Å²) in [6, 6.07) is 28.9. The molecule has 0 aliphatic heterocycles. The molecule has 36 heavy (non-hydrogen) atoms. The molecule has 1 N–H and O–H groups in total. The van der Waals surface area contributed by atoms with E-state index in [0.717, 1.165) is 0 Å². The lowest BCUT2D eigenvalue weighted by molar-refractivity contribution is 0.422. The van der Waals surface area contributed by atoms with Gasteiger partial charge in [-0.25, -0.2) is 13.2 Å². The average molecular weight is 533 g/mol. The van der Waals surface area contributed by atoms with Gasteiger partial charge in [-0.05, 0) is 45.4 Å². The molecular weight excluding hydrogens is 505 g/mol. The Balaban J connectivity index is 0.000000281. The summed E-state index contributed by atoms with van der Waals surface area (Å²) < 4.78 is 66.3. The maximum atomic E-state index is 12.6. The standard InChI is InChI=1S/C22H22.C6H3F3O3S.H2S/c1-22(2,3)21-16-10-9-15-20(21)19-14-8-7-13-18(19)17-11-5-4-6-12-17;7-3-1-2-4(13(10,11)12)6(9)5(3)8;/h4-16H,1-3H3;1-2H,(H,10,11,12);1H2. The zero-order valence-corrected chi connectivity index (χ0v) is 21.8. The highest BCUT2D eigenvalue weighted by molar-refractivity contribution is 7.85. The fourth-order valence-corrected chi connectivity index (χ4v) is 4.22. The maximum absolute atomic E-state index is 12.6. The molecule has 3 nitrogen and oxygen atoms in total. The molecule has 0 spiro atoms. The van der Waals surface area contributed by atoms with E-state index < -0.39 is 32.5 Å². The second kappa shape index (κ2) is 11.8. The molecule has 4 aromatic rings. The van der Waals surface area contributed by atoms with E-state index in [0.29, 0.717) is 12.1 Å². The van der Waals surface area contributed by atoms with Gasteiger partial charge in [0.05, 0.1) is 0 Å². The molecule has 0 aromatic heterocycles. The van der Waals surface area contributed by atoms with E-state index in [1.165, 1.54) is 27.8 Å². The monoisotopic (exact) mass is 532 g/mol. The normalized spacial score (nSPS) is 11.2. The molecule has 0 atom stereocenters. The third-order valence-electron chi connectivity index (χ3n) is 5.31. The molecule has 190 valence electrons. The highest BCUT2D eigenvalue weighted by atomic mass is 32.2. The first kappa shape index (κ1) is 29.2. The van der Waals surface area contributed by atoms with Crippen LogP contribution in [0.15, 0.2) is 95.9 Å². The summed E-state index contributed by atoms with van der Waals surface area (Å²) in [5.74, 6) is -5.39. The van der Waals surface area contributed by atoms with Gasteiger partial charge in [0.2, 0.25) is 0 Å². The Labute approximate surface area is 216 Å². The minimum atomic E-state index is -4.85. The lowest BCUT2D eigenvalue weighted by Gasteiger charge is -2.24. The summed E-state index contributed by atoms with van der Waals surface area (Å²) in [6.07, 6.45) is 0. The van der Waals surface area contributed by atoms with Gasteiger partial charge >= 0.3 is 0 Å². The van der Waals surface area contributed by atoms with E-state index >= 15 is 0 Å². The summed E-state index contributed by atoms with van der Waals surface area (Å²) in [5, 5.41) is 0. The predicted octanol–water partition coefficient (Wildman–Crippen LogP) is 7.78. The minimum Gasteiger partial charge on any atom is -0.282 e. The fraction of sp³-hybridized carbons (Fsp3) is 0.143. The first-order chi connectivity index (χ1) is 16.4. The smallest absolute Gasteiger partial charge is 0.282 e. The zero-order chi connectivity index (χ0) is 25.8. The molecule has 4 rings (SSSR count). The van der Waals surface area contributed by atoms with Crippen LogP contribution < -0.4 is 0 Å². The van der Waals surface area contributed by atoms with Crippen molar-refractivity contribution in [2.24, 2.45) is 0 Å². The van der Waals surface area contributed by atoms with Crippen LogP contribution in [0.2, 0.25) is 0 Å². The van der Waals surface area contributed by atoms with E-state index in [2.05, 4.69) is 99.6 Å². The summed E-state index contributed by atoms with van der Waals surface area (Å²) in [6.45, 7) is 6.82. The highest BCUT2D eigenvalue weighted by Crippen LogP contribution is 2.38. The van der Waals surface area contributed by atoms with Gasteiger partial charge in [-0.3, -0.25) is 4.55 Å². The number of rotatable bonds is 3. The van der Waals surface area contributed by atoms with Crippen molar-refractivity contribution in [2.45, 2.75) is 31.1 Å². The SMILES string of the molecule is CC(C)(C)c1ccccc1-c1ccccc1-c1ccccc1.O=S(=O)(O)c1ccc(F)c(F)c1F.S. The molecule has 0 bridgehead atoms. The molecule has 0 aliphatic rings. The predicted molar refractivity (Wildman–Crippen MR) is 143 cm³/mol. The second-order valence-electron chi connectivity index (χ2n) is 8.86. The van der Waals surface area contributed by atoms with Gasteiger partial charge in [0.25, 0.3) is 10.1 Å². The number of hydrogen-bond acceptors (Lipinski definition) is 2. The van der Waals surface area contributed by atoms with Gasteiger partial charge in [0.1, 0.15) is 4.90 Å². The molecule has 0 radical (unpaired) electrons. The van der Waals surface area contributed by atoms with Crippen LogP contribution in [0, 0.1) is 17.5 Å². The van der Waals surface area contributed by atoms with E-state index in [-0.39, 0.29) is 18.9 Å². The number of hydrogen-bond donors (Lipinski definition) is 1. The molecular formula is C28H27F3O3S2. The van der Waals surface area contributed by atoms with Gasteiger partial charge in [-0.15, -0.1) is 0 Å². The zero-order valence-electron chi connectivity index (χ0n) is 20.0. The molecule has 8 heteroatoms. The number of halogens is 3. The van der Waals surface area contributed by atoms with Crippen LogP contribution in [0.1, 0.15) is 26.3 Å². The lowest BCUT2D eigenvalue weighted by atomic mass is 9.80. The molecule has 0 unspecified atom stereocenters. The first-order valence-corrected chi connectivity index (χ1v) is 12.2. The Morgan fingerprint density at radius 3 is 1.69 bits per heavy atom. The van der Waals surface area contributed by atoms with Crippen LogP contribution >= 0.6 is 13.5 Å². The van der Waals surface area contributed by atoms with Crippen LogP contribution in [0.25, 0.3) is 22.3 Å². The van der Waals surface area contributed by atoms with Gasteiger partial charge in [0, 0.05) is 0 Å². The van der Waals surface area contributed by atoms with Crippen molar-refractivity contribution in [1.82, 2.24) is 0 Å². The Kier molecular flexibility index (Phi) is 9.54. The largest absolute Gasteiger partial charge is 0.297 e. The van der Waals surface area contributed by atoms with Gasteiger partial charge in [-0.2, -0.15) is 21.9 Å². The third kappa shape index (κ3) is 6.78. The number of benzene rings is 4. The van der Waals surface area contributed by atoms with Gasteiger partial charge < -0.3 is 0 Å². The van der Waals surface area contributed by atoms with Crippen LogP contribution in [0.4, 0.5) is 13.2 Å². The van der Waals surface area contributed by atoms with Gasteiger partial charge in [0.15, 0.2) is 17.5 Å². The molecule has 0 saturated heterocycles. The maximum Gasteiger partial charge on any atom is 0.297 e. The quantitative estimate of drug-likeness (QED) is 0.217. The van der Waals surface area contributed by atoms with Crippen molar-refractivity contribution in [1.29, 1.82) is 0 Å². The van der Waals surface area contributed by atoms with Crippen LogP contribution in [-0.4, -0.2) is 13.0 Å². The van der Waals surface area contributed by atoms with E-state index in [1.807, 2.05) is 0 Å². The summed E-state index contributed by atoms with van der Waals surface area (Å²) in [4.78, 5) is -1.29. The molecule has 4 aromatic carbocycles. The Morgan fingerprint density at radius 1 is 0.639 bits per heavy atom. The van der Waals surface area contributed by atoms with Crippen molar-refractivity contribution in [3.05, 3.63) is 114 Å². The van der Waals surface area contributed by atoms with E-state index in [4.69, 9.17) is 4.55 Å². The minimum absolute atomic E-state index is 0. The van der Waals surface area contributed by atoms with E-state index in [9.17, 15) is 21.6 Å². The molecule has 0 fully saturated rings. The van der Waals surface area contributed by atoms with Crippen LogP contribution in [0.5, 0.6) is 0 Å².